The van der Waals surface area contributed by atoms with Crippen molar-refractivity contribution in [1.29, 1.82) is 0 Å². The Morgan fingerprint density at radius 2 is 1.75 bits per heavy atom. The zero-order valence-corrected chi connectivity index (χ0v) is 9.56. The van der Waals surface area contributed by atoms with Crippen molar-refractivity contribution in [1.82, 2.24) is 0 Å². The first-order valence-corrected chi connectivity index (χ1v) is 5.76. The maximum Gasteiger partial charge on any atom is 0.296 e. The SMILES string of the molecule is COc1ccc([C@H](O)S(=O)(=O)O)cc1OC. The number of rotatable bonds is 4. The zero-order chi connectivity index (χ0) is 12.3. The van der Waals surface area contributed by atoms with Crippen molar-refractivity contribution in [2.24, 2.45) is 0 Å². The lowest BCUT2D eigenvalue weighted by Crippen LogP contribution is -2.11. The van der Waals surface area contributed by atoms with E-state index in [1.807, 2.05) is 0 Å². The Morgan fingerprint density at radius 1 is 1.19 bits per heavy atom. The summed E-state index contributed by atoms with van der Waals surface area (Å²) in [5.41, 5.74) is -1.99. The predicted molar refractivity (Wildman–Crippen MR) is 56.1 cm³/mol. The van der Waals surface area contributed by atoms with Gasteiger partial charge in [-0.3, -0.25) is 4.55 Å². The van der Waals surface area contributed by atoms with Gasteiger partial charge in [0.05, 0.1) is 14.2 Å². The van der Waals surface area contributed by atoms with E-state index < -0.39 is 15.6 Å². The second kappa shape index (κ2) is 4.69. The lowest BCUT2D eigenvalue weighted by atomic mass is 10.2. The van der Waals surface area contributed by atoms with E-state index in [1.54, 1.807) is 0 Å². The van der Waals surface area contributed by atoms with E-state index in [9.17, 15) is 13.5 Å². The highest BCUT2D eigenvalue weighted by atomic mass is 32.2. The third-order valence-corrected chi connectivity index (χ3v) is 2.81. The van der Waals surface area contributed by atoms with Gasteiger partial charge in [-0.05, 0) is 12.1 Å². The molecular weight excluding hydrogens is 236 g/mol. The lowest BCUT2D eigenvalue weighted by Gasteiger charge is -2.11. The van der Waals surface area contributed by atoms with E-state index >= 15 is 0 Å². The first-order valence-electron chi connectivity index (χ1n) is 4.26. The van der Waals surface area contributed by atoms with Crippen LogP contribution in [-0.4, -0.2) is 32.3 Å². The third-order valence-electron chi connectivity index (χ3n) is 1.97. The maximum absolute atomic E-state index is 10.7. The summed E-state index contributed by atoms with van der Waals surface area (Å²) in [4.78, 5) is 0. The molecule has 7 heteroatoms. The Bertz CT molecular complexity index is 467. The molecule has 6 nitrogen and oxygen atoms in total. The average Bonchev–Trinajstić information content (AvgIpc) is 2.25. The van der Waals surface area contributed by atoms with Crippen LogP contribution < -0.4 is 9.47 Å². The molecule has 0 saturated carbocycles. The largest absolute Gasteiger partial charge is 0.493 e. The Balaban J connectivity index is 3.18. The van der Waals surface area contributed by atoms with Crippen molar-refractivity contribution in [2.75, 3.05) is 14.2 Å². The molecule has 90 valence electrons. The van der Waals surface area contributed by atoms with Gasteiger partial charge in [0.25, 0.3) is 10.1 Å². The highest BCUT2D eigenvalue weighted by Crippen LogP contribution is 2.31. The summed E-state index contributed by atoms with van der Waals surface area (Å²) in [5.74, 6) is 0.663. The smallest absolute Gasteiger partial charge is 0.296 e. The van der Waals surface area contributed by atoms with Crippen LogP contribution in [0.1, 0.15) is 11.0 Å². The normalized spacial score (nSPS) is 13.2. The highest BCUT2D eigenvalue weighted by Gasteiger charge is 2.23. The van der Waals surface area contributed by atoms with Gasteiger partial charge in [-0.2, -0.15) is 8.42 Å². The van der Waals surface area contributed by atoms with Gasteiger partial charge in [-0.1, -0.05) is 6.07 Å². The molecule has 0 heterocycles. The topological polar surface area (TPSA) is 93.1 Å². The van der Waals surface area contributed by atoms with E-state index in [-0.39, 0.29) is 11.3 Å². The molecule has 2 N–H and O–H groups in total. The molecule has 1 rings (SSSR count). The van der Waals surface area contributed by atoms with Crippen LogP contribution in [0.3, 0.4) is 0 Å². The molecule has 0 amide bonds. The first kappa shape index (κ1) is 12.8. The molecule has 0 aliphatic heterocycles. The first-order chi connectivity index (χ1) is 7.40. The molecule has 0 fully saturated rings. The van der Waals surface area contributed by atoms with Crippen molar-refractivity contribution < 1.29 is 27.6 Å². The van der Waals surface area contributed by atoms with Gasteiger partial charge in [0.15, 0.2) is 11.5 Å². The summed E-state index contributed by atoms with van der Waals surface area (Å²) in [7, 11) is -1.74. The fourth-order valence-corrected chi connectivity index (χ4v) is 1.67. The number of hydrogen-bond donors (Lipinski definition) is 2. The predicted octanol–water partition coefficient (Wildman–Crippen LogP) is 0.583. The number of ether oxygens (including phenoxy) is 2. The molecule has 0 unspecified atom stereocenters. The van der Waals surface area contributed by atoms with Crippen molar-refractivity contribution in [3.8, 4) is 11.5 Å². The molecule has 0 aliphatic carbocycles. The van der Waals surface area contributed by atoms with E-state index in [0.717, 1.165) is 0 Å². The number of aliphatic hydroxyl groups excluding tert-OH is 1. The molecule has 0 saturated heterocycles. The van der Waals surface area contributed by atoms with Crippen molar-refractivity contribution >= 4 is 10.1 Å². The number of benzene rings is 1. The van der Waals surface area contributed by atoms with Crippen molar-refractivity contribution in [2.45, 2.75) is 5.44 Å². The van der Waals surface area contributed by atoms with Gasteiger partial charge in [-0.25, -0.2) is 0 Å². The number of hydrogen-bond acceptors (Lipinski definition) is 5. The van der Waals surface area contributed by atoms with Gasteiger partial charge in [0.1, 0.15) is 0 Å². The van der Waals surface area contributed by atoms with E-state index in [4.69, 9.17) is 14.0 Å². The Kier molecular flexibility index (Phi) is 3.74. The standard InChI is InChI=1S/C9H12O6S/c1-14-7-4-3-6(5-8(7)15-2)9(10)16(11,12)13/h3-5,9-10H,1-2H3,(H,11,12,13)/t9-/m1/s1. The Labute approximate surface area is 93.2 Å². The van der Waals surface area contributed by atoms with Crippen LogP contribution in [0, 0.1) is 0 Å². The second-order valence-corrected chi connectivity index (χ2v) is 4.46. The molecule has 1 aromatic rings. The molecule has 0 spiro atoms. The zero-order valence-electron chi connectivity index (χ0n) is 8.75. The quantitative estimate of drug-likeness (QED) is 0.757. The van der Waals surface area contributed by atoms with E-state index in [0.29, 0.717) is 5.75 Å². The fourth-order valence-electron chi connectivity index (χ4n) is 1.18. The van der Waals surface area contributed by atoms with Crippen molar-refractivity contribution in [3.63, 3.8) is 0 Å². The van der Waals surface area contributed by atoms with Crippen LogP contribution in [0.5, 0.6) is 11.5 Å². The molecule has 16 heavy (non-hydrogen) atoms. The molecule has 1 aromatic carbocycles. The van der Waals surface area contributed by atoms with Crippen LogP contribution >= 0.6 is 0 Å². The van der Waals surface area contributed by atoms with Crippen LogP contribution in [0.2, 0.25) is 0 Å². The van der Waals surface area contributed by atoms with Crippen LogP contribution in [0.15, 0.2) is 18.2 Å². The molecule has 0 aliphatic rings. The summed E-state index contributed by atoms with van der Waals surface area (Å²) in [6.45, 7) is 0. The highest BCUT2D eigenvalue weighted by molar-refractivity contribution is 7.85. The van der Waals surface area contributed by atoms with Gasteiger partial charge in [0.2, 0.25) is 5.44 Å². The van der Waals surface area contributed by atoms with Gasteiger partial charge in [0, 0.05) is 5.56 Å². The Morgan fingerprint density at radius 3 is 2.19 bits per heavy atom. The minimum atomic E-state index is -4.54. The van der Waals surface area contributed by atoms with Gasteiger partial charge in [-0.15, -0.1) is 0 Å². The molecule has 0 aromatic heterocycles. The lowest BCUT2D eigenvalue weighted by molar-refractivity contribution is 0.237. The minimum Gasteiger partial charge on any atom is -0.493 e. The summed E-state index contributed by atoms with van der Waals surface area (Å²) >= 11 is 0. The third kappa shape index (κ3) is 2.63. The summed E-state index contributed by atoms with van der Waals surface area (Å²) in [5, 5.41) is 9.31. The van der Waals surface area contributed by atoms with E-state index in [1.165, 1.54) is 32.4 Å². The second-order valence-electron chi connectivity index (χ2n) is 2.98. The van der Waals surface area contributed by atoms with Crippen LogP contribution in [0.4, 0.5) is 0 Å². The average molecular weight is 248 g/mol. The van der Waals surface area contributed by atoms with Crippen molar-refractivity contribution in [3.05, 3.63) is 23.8 Å². The summed E-state index contributed by atoms with van der Waals surface area (Å²) in [6, 6.07) is 4.03. The summed E-state index contributed by atoms with van der Waals surface area (Å²) in [6.07, 6.45) is 0. The fraction of sp³-hybridized carbons (Fsp3) is 0.333. The maximum atomic E-state index is 10.7. The monoisotopic (exact) mass is 248 g/mol. The molecule has 0 bridgehead atoms. The molecular formula is C9H12O6S. The molecule has 0 radical (unpaired) electrons. The number of aliphatic hydroxyl groups is 1. The Hall–Kier alpha value is -1.31. The molecule has 1 atom stereocenters. The van der Waals surface area contributed by atoms with Gasteiger partial charge >= 0.3 is 0 Å². The van der Waals surface area contributed by atoms with Gasteiger partial charge < -0.3 is 14.6 Å². The van der Waals surface area contributed by atoms with Crippen LogP contribution in [-0.2, 0) is 10.1 Å². The van der Waals surface area contributed by atoms with E-state index in [2.05, 4.69) is 0 Å². The van der Waals surface area contributed by atoms with Crippen LogP contribution in [0.25, 0.3) is 0 Å². The summed E-state index contributed by atoms with van der Waals surface area (Å²) < 4.78 is 40.0. The number of methoxy groups -OCH3 is 2. The minimum absolute atomic E-state index is 0.000139.